The Morgan fingerprint density at radius 1 is 1.22 bits per heavy atom. The van der Waals surface area contributed by atoms with E-state index in [-0.39, 0.29) is 17.9 Å². The molecule has 1 aliphatic rings. The molecule has 1 aliphatic carbocycles. The molecule has 0 heterocycles. The summed E-state index contributed by atoms with van der Waals surface area (Å²) in [6, 6.07) is 0. The number of carboxylic acids is 1. The molecule has 4 heteroatoms. The van der Waals surface area contributed by atoms with Gasteiger partial charge in [0.25, 0.3) is 0 Å². The molecule has 4 nitrogen and oxygen atoms in total. The van der Waals surface area contributed by atoms with Crippen LogP contribution in [0.2, 0.25) is 0 Å². The lowest BCUT2D eigenvalue weighted by atomic mass is 9.74. The predicted octanol–water partition coefficient (Wildman–Crippen LogP) is 2.72. The van der Waals surface area contributed by atoms with Crippen molar-refractivity contribution < 1.29 is 14.7 Å². The zero-order valence-corrected chi connectivity index (χ0v) is 11.7. The molecule has 0 aromatic carbocycles. The fraction of sp³-hybridized carbons (Fsp3) is 0.857. The molecule has 1 saturated carbocycles. The third-order valence-corrected chi connectivity index (χ3v) is 4.70. The van der Waals surface area contributed by atoms with E-state index in [0.717, 1.165) is 25.7 Å². The number of carbonyl (C=O) groups excluding carboxylic acids is 1. The lowest BCUT2D eigenvalue weighted by Crippen LogP contribution is -2.54. The van der Waals surface area contributed by atoms with Gasteiger partial charge in [-0.25, -0.2) is 0 Å². The number of aliphatic carboxylic acids is 1. The van der Waals surface area contributed by atoms with Crippen LogP contribution in [0.15, 0.2) is 0 Å². The summed E-state index contributed by atoms with van der Waals surface area (Å²) >= 11 is 0. The van der Waals surface area contributed by atoms with Crippen LogP contribution in [0.5, 0.6) is 0 Å². The van der Waals surface area contributed by atoms with Crippen molar-refractivity contribution >= 4 is 11.9 Å². The van der Waals surface area contributed by atoms with Gasteiger partial charge in [0.05, 0.1) is 5.41 Å². The van der Waals surface area contributed by atoms with Gasteiger partial charge in [0.2, 0.25) is 5.91 Å². The minimum atomic E-state index is -0.900. The van der Waals surface area contributed by atoms with Crippen LogP contribution in [0.3, 0.4) is 0 Å². The molecule has 0 atom stereocenters. The van der Waals surface area contributed by atoms with Crippen molar-refractivity contribution in [2.24, 2.45) is 5.41 Å². The van der Waals surface area contributed by atoms with Crippen molar-refractivity contribution in [1.29, 1.82) is 0 Å². The smallest absolute Gasteiger partial charge is 0.310 e. The molecule has 0 aliphatic heterocycles. The first kappa shape index (κ1) is 15.0. The number of nitrogens with one attached hydrogen (secondary N) is 1. The Bertz CT molecular complexity index is 311. The molecule has 1 amide bonds. The van der Waals surface area contributed by atoms with E-state index in [0.29, 0.717) is 12.8 Å². The molecule has 104 valence electrons. The first-order valence-electron chi connectivity index (χ1n) is 6.98. The minimum Gasteiger partial charge on any atom is -0.481 e. The third-order valence-electron chi connectivity index (χ3n) is 4.70. The van der Waals surface area contributed by atoms with E-state index in [1.807, 2.05) is 13.8 Å². The van der Waals surface area contributed by atoms with Gasteiger partial charge < -0.3 is 10.4 Å². The number of carboxylic acid groups (broad SMARTS) is 1. The van der Waals surface area contributed by atoms with E-state index in [2.05, 4.69) is 12.2 Å². The summed E-state index contributed by atoms with van der Waals surface area (Å²) in [6.45, 7) is 5.75. The van der Waals surface area contributed by atoms with Gasteiger partial charge in [0.1, 0.15) is 0 Å². The van der Waals surface area contributed by atoms with Crippen molar-refractivity contribution in [3.8, 4) is 0 Å². The Kier molecular flexibility index (Phi) is 4.77. The Hall–Kier alpha value is -1.06. The van der Waals surface area contributed by atoms with Crippen LogP contribution in [0.25, 0.3) is 0 Å². The lowest BCUT2D eigenvalue weighted by Gasteiger charge is -2.42. The summed E-state index contributed by atoms with van der Waals surface area (Å²) < 4.78 is 0. The topological polar surface area (TPSA) is 66.4 Å². The number of amides is 1. The molecular formula is C14H25NO3. The highest BCUT2D eigenvalue weighted by molar-refractivity contribution is 5.85. The highest BCUT2D eigenvalue weighted by Gasteiger charge is 2.41. The summed E-state index contributed by atoms with van der Waals surface area (Å²) in [7, 11) is 0. The largest absolute Gasteiger partial charge is 0.481 e. The van der Waals surface area contributed by atoms with Crippen molar-refractivity contribution in [1.82, 2.24) is 5.32 Å². The highest BCUT2D eigenvalue weighted by atomic mass is 16.4. The van der Waals surface area contributed by atoms with E-state index in [1.165, 1.54) is 0 Å². The van der Waals surface area contributed by atoms with E-state index in [1.54, 1.807) is 0 Å². The van der Waals surface area contributed by atoms with Crippen LogP contribution in [-0.2, 0) is 9.59 Å². The monoisotopic (exact) mass is 255 g/mol. The van der Waals surface area contributed by atoms with Gasteiger partial charge in [-0.3, -0.25) is 9.59 Å². The zero-order valence-electron chi connectivity index (χ0n) is 11.7. The lowest BCUT2D eigenvalue weighted by molar-refractivity contribution is -0.152. The summed E-state index contributed by atoms with van der Waals surface area (Å²) in [5.41, 5.74) is -0.953. The molecule has 0 radical (unpaired) electrons. The molecule has 0 bridgehead atoms. The van der Waals surface area contributed by atoms with Gasteiger partial charge in [-0.1, -0.05) is 20.8 Å². The third kappa shape index (κ3) is 2.85. The van der Waals surface area contributed by atoms with Crippen LogP contribution in [0.4, 0.5) is 0 Å². The number of hydrogen-bond donors (Lipinski definition) is 2. The summed E-state index contributed by atoms with van der Waals surface area (Å²) in [5.74, 6) is -0.968. The van der Waals surface area contributed by atoms with E-state index in [4.69, 9.17) is 0 Å². The first-order valence-corrected chi connectivity index (χ1v) is 6.98. The Morgan fingerprint density at radius 2 is 1.78 bits per heavy atom. The number of rotatable bonds is 7. The number of carbonyl (C=O) groups is 2. The average molecular weight is 255 g/mol. The van der Waals surface area contributed by atoms with Crippen LogP contribution < -0.4 is 5.32 Å². The Morgan fingerprint density at radius 3 is 2.06 bits per heavy atom. The summed E-state index contributed by atoms with van der Waals surface area (Å²) in [4.78, 5) is 23.4. The van der Waals surface area contributed by atoms with E-state index < -0.39 is 11.4 Å². The summed E-state index contributed by atoms with van der Waals surface area (Å²) in [6.07, 6.45) is 5.20. The molecular weight excluding hydrogens is 230 g/mol. The van der Waals surface area contributed by atoms with Gasteiger partial charge in [-0.2, -0.15) is 0 Å². The molecule has 0 spiro atoms. The van der Waals surface area contributed by atoms with Crippen molar-refractivity contribution in [3.63, 3.8) is 0 Å². The maximum atomic E-state index is 12.1. The molecule has 2 N–H and O–H groups in total. The quantitative estimate of drug-likeness (QED) is 0.735. The molecule has 0 unspecified atom stereocenters. The first-order chi connectivity index (χ1) is 8.43. The summed E-state index contributed by atoms with van der Waals surface area (Å²) in [5, 5.41) is 12.4. The van der Waals surface area contributed by atoms with Crippen LogP contribution in [0.1, 0.15) is 65.7 Å². The SMILES string of the molecule is CCC1(NC(=O)CC(CC)(CC)C(=O)O)CCC1. The van der Waals surface area contributed by atoms with Gasteiger partial charge in [-0.15, -0.1) is 0 Å². The van der Waals surface area contributed by atoms with Crippen LogP contribution >= 0.6 is 0 Å². The van der Waals surface area contributed by atoms with Crippen LogP contribution in [-0.4, -0.2) is 22.5 Å². The molecule has 18 heavy (non-hydrogen) atoms. The fourth-order valence-electron chi connectivity index (χ4n) is 2.70. The molecule has 1 rings (SSSR count). The molecule has 1 fully saturated rings. The molecule has 0 saturated heterocycles. The van der Waals surface area contributed by atoms with Gasteiger partial charge in [0.15, 0.2) is 0 Å². The van der Waals surface area contributed by atoms with Crippen LogP contribution in [0, 0.1) is 5.41 Å². The second-order valence-electron chi connectivity index (χ2n) is 5.50. The predicted molar refractivity (Wildman–Crippen MR) is 70.3 cm³/mol. The number of hydrogen-bond acceptors (Lipinski definition) is 2. The maximum Gasteiger partial charge on any atom is 0.310 e. The van der Waals surface area contributed by atoms with E-state index >= 15 is 0 Å². The maximum absolute atomic E-state index is 12.1. The standard InChI is InChI=1S/C14H25NO3/c1-4-13(5-2,12(17)18)10-11(16)15-14(6-3)8-7-9-14/h4-10H2,1-3H3,(H,15,16)(H,17,18). The second kappa shape index (κ2) is 5.72. The van der Waals surface area contributed by atoms with Gasteiger partial charge >= 0.3 is 5.97 Å². The minimum absolute atomic E-state index is 0.0528. The average Bonchev–Trinajstić information content (AvgIpc) is 2.30. The van der Waals surface area contributed by atoms with Crippen molar-refractivity contribution in [2.75, 3.05) is 0 Å². The second-order valence-corrected chi connectivity index (χ2v) is 5.50. The molecule has 0 aromatic heterocycles. The zero-order chi connectivity index (χ0) is 13.8. The van der Waals surface area contributed by atoms with Crippen molar-refractivity contribution in [2.45, 2.75) is 71.3 Å². The van der Waals surface area contributed by atoms with Gasteiger partial charge in [-0.05, 0) is 38.5 Å². The van der Waals surface area contributed by atoms with Crippen molar-refractivity contribution in [3.05, 3.63) is 0 Å². The van der Waals surface area contributed by atoms with E-state index in [9.17, 15) is 14.7 Å². The molecule has 0 aromatic rings. The fourth-order valence-corrected chi connectivity index (χ4v) is 2.70. The normalized spacial score (nSPS) is 17.9. The highest BCUT2D eigenvalue weighted by Crippen LogP contribution is 2.36. The van der Waals surface area contributed by atoms with Gasteiger partial charge in [0, 0.05) is 12.0 Å². The Balaban J connectivity index is 2.65. The Labute approximate surface area is 109 Å².